The lowest BCUT2D eigenvalue weighted by Gasteiger charge is -2.12. The third kappa shape index (κ3) is 6.29. The lowest BCUT2D eigenvalue weighted by atomic mass is 10.2. The highest BCUT2D eigenvalue weighted by molar-refractivity contribution is 6.04. The molecule has 1 amide bonds. The van der Waals surface area contributed by atoms with Gasteiger partial charge >= 0.3 is 0 Å². The predicted octanol–water partition coefficient (Wildman–Crippen LogP) is 2.86. The van der Waals surface area contributed by atoms with Crippen LogP contribution >= 0.6 is 0 Å². The highest BCUT2D eigenvalue weighted by atomic mass is 16.5. The van der Waals surface area contributed by atoms with Crippen LogP contribution in [0.1, 0.15) is 37.6 Å². The van der Waals surface area contributed by atoms with Crippen molar-refractivity contribution in [3.8, 4) is 5.75 Å². The number of carbonyl (C=O) groups excluding carboxylic acids is 1. The van der Waals surface area contributed by atoms with Gasteiger partial charge in [0.1, 0.15) is 5.75 Å². The molecule has 0 unspecified atom stereocenters. The second-order valence-electron chi connectivity index (χ2n) is 5.07. The number of rotatable bonds is 6. The Kier molecular flexibility index (Phi) is 7.29. The largest absolute Gasteiger partial charge is 0.497 e. The van der Waals surface area contributed by atoms with E-state index in [1.54, 1.807) is 31.4 Å². The molecule has 5 nitrogen and oxygen atoms in total. The molecule has 0 spiro atoms. The van der Waals surface area contributed by atoms with E-state index < -0.39 is 0 Å². The van der Waals surface area contributed by atoms with E-state index in [-0.39, 0.29) is 11.9 Å². The Hall–Kier alpha value is -2.04. The molecule has 0 atom stereocenters. The van der Waals surface area contributed by atoms with Crippen molar-refractivity contribution in [2.24, 2.45) is 10.9 Å². The molecule has 116 valence electrons. The van der Waals surface area contributed by atoms with E-state index in [4.69, 9.17) is 9.47 Å². The number of ether oxygens (including phenoxy) is 2. The molecule has 0 saturated carbocycles. The first-order chi connectivity index (χ1) is 10.1. The molecule has 1 aromatic rings. The molecule has 1 rings (SSSR count). The van der Waals surface area contributed by atoms with Crippen LogP contribution in [0.5, 0.6) is 5.75 Å². The lowest BCUT2D eigenvalue weighted by Crippen LogP contribution is -2.33. The molecule has 0 aromatic heterocycles. The summed E-state index contributed by atoms with van der Waals surface area (Å²) in [6, 6.07) is 7.17. The quantitative estimate of drug-likeness (QED) is 0.648. The fourth-order valence-electron chi connectivity index (χ4n) is 1.49. The number of benzene rings is 1. The molecule has 0 heterocycles. The molecule has 0 bridgehead atoms. The maximum Gasteiger partial charge on any atom is 0.291 e. The summed E-state index contributed by atoms with van der Waals surface area (Å²) in [6.45, 7) is 7.25. The van der Waals surface area contributed by atoms with Crippen molar-refractivity contribution in [3.63, 3.8) is 0 Å². The van der Waals surface area contributed by atoms with Gasteiger partial charge in [-0.25, -0.2) is 4.99 Å². The van der Waals surface area contributed by atoms with Gasteiger partial charge in [0, 0.05) is 12.1 Å². The van der Waals surface area contributed by atoms with Gasteiger partial charge in [0.05, 0.1) is 13.7 Å². The first-order valence-electron chi connectivity index (χ1n) is 7.19. The van der Waals surface area contributed by atoms with Gasteiger partial charge in [0.25, 0.3) is 11.9 Å². The summed E-state index contributed by atoms with van der Waals surface area (Å²) in [6.07, 6.45) is 0.896. The predicted molar refractivity (Wildman–Crippen MR) is 83.8 cm³/mol. The molecule has 0 radical (unpaired) electrons. The van der Waals surface area contributed by atoms with Gasteiger partial charge in [0.2, 0.25) is 0 Å². The molecule has 0 aliphatic heterocycles. The van der Waals surface area contributed by atoms with E-state index in [2.05, 4.69) is 10.3 Å². The van der Waals surface area contributed by atoms with Crippen LogP contribution in [0, 0.1) is 5.92 Å². The maximum atomic E-state index is 12.1. The van der Waals surface area contributed by atoms with E-state index in [0.717, 1.165) is 6.42 Å². The van der Waals surface area contributed by atoms with Crippen molar-refractivity contribution in [1.29, 1.82) is 0 Å². The summed E-state index contributed by atoms with van der Waals surface area (Å²) in [5.41, 5.74) is 0.535. The average Bonchev–Trinajstić information content (AvgIpc) is 2.49. The van der Waals surface area contributed by atoms with Crippen LogP contribution in [0.15, 0.2) is 29.3 Å². The molecule has 5 heteroatoms. The van der Waals surface area contributed by atoms with Crippen molar-refractivity contribution in [3.05, 3.63) is 29.8 Å². The standard InChI is InChI=1S/C16H24N2O3/c1-5-10-17-16(21-11-12(2)3)18-15(19)13-6-8-14(20-4)9-7-13/h6-9,12H,5,10-11H2,1-4H3,(H,17,18,19). The number of hydrogen-bond acceptors (Lipinski definition) is 4. The van der Waals surface area contributed by atoms with Crippen LogP contribution in [0.25, 0.3) is 0 Å². The fourth-order valence-corrected chi connectivity index (χ4v) is 1.49. The van der Waals surface area contributed by atoms with Gasteiger partial charge in [-0.2, -0.15) is 0 Å². The number of amides is 1. The van der Waals surface area contributed by atoms with Crippen molar-refractivity contribution in [1.82, 2.24) is 5.32 Å². The minimum Gasteiger partial charge on any atom is -0.497 e. The Bertz CT molecular complexity index is 467. The van der Waals surface area contributed by atoms with Crippen LogP contribution in [0.2, 0.25) is 0 Å². The van der Waals surface area contributed by atoms with Crippen LogP contribution < -0.4 is 10.1 Å². The number of nitrogens with zero attached hydrogens (tertiary/aromatic N) is 1. The number of amidine groups is 1. The van der Waals surface area contributed by atoms with E-state index >= 15 is 0 Å². The van der Waals surface area contributed by atoms with Crippen LogP contribution in [-0.2, 0) is 4.74 Å². The molecule has 0 fully saturated rings. The first-order valence-corrected chi connectivity index (χ1v) is 7.19. The van der Waals surface area contributed by atoms with Crippen molar-refractivity contribution < 1.29 is 14.3 Å². The van der Waals surface area contributed by atoms with E-state index in [1.807, 2.05) is 20.8 Å². The fraction of sp³-hybridized carbons (Fsp3) is 0.500. The molecule has 1 aromatic carbocycles. The molecular formula is C16H24N2O3. The molecule has 0 saturated heterocycles. The van der Waals surface area contributed by atoms with E-state index in [0.29, 0.717) is 30.4 Å². The average molecular weight is 292 g/mol. The van der Waals surface area contributed by atoms with Crippen LogP contribution in [-0.4, -0.2) is 32.2 Å². The smallest absolute Gasteiger partial charge is 0.291 e. The first kappa shape index (κ1) is 17.0. The second-order valence-corrected chi connectivity index (χ2v) is 5.07. The van der Waals surface area contributed by atoms with E-state index in [1.165, 1.54) is 0 Å². The third-order valence-corrected chi connectivity index (χ3v) is 2.61. The SMILES string of the molecule is CCCN=C(NC(=O)c1ccc(OC)cc1)OCC(C)C. The zero-order chi connectivity index (χ0) is 15.7. The zero-order valence-electron chi connectivity index (χ0n) is 13.2. The highest BCUT2D eigenvalue weighted by Gasteiger charge is 2.10. The Morgan fingerprint density at radius 2 is 1.95 bits per heavy atom. The summed E-state index contributed by atoms with van der Waals surface area (Å²) in [4.78, 5) is 16.4. The zero-order valence-corrected chi connectivity index (χ0v) is 13.2. The molecular weight excluding hydrogens is 268 g/mol. The maximum absolute atomic E-state index is 12.1. The summed E-state index contributed by atoms with van der Waals surface area (Å²) >= 11 is 0. The molecule has 0 aliphatic rings. The summed E-state index contributed by atoms with van der Waals surface area (Å²) < 4.78 is 10.6. The van der Waals surface area contributed by atoms with Crippen molar-refractivity contribution in [2.75, 3.05) is 20.3 Å². The normalized spacial score (nSPS) is 11.4. The topological polar surface area (TPSA) is 59.9 Å². The minimum atomic E-state index is -0.240. The van der Waals surface area contributed by atoms with Crippen molar-refractivity contribution >= 4 is 11.9 Å². The molecule has 0 aliphatic carbocycles. The minimum absolute atomic E-state index is 0.240. The summed E-state index contributed by atoms with van der Waals surface area (Å²) in [5.74, 6) is 0.841. The Morgan fingerprint density at radius 3 is 2.48 bits per heavy atom. The van der Waals surface area contributed by atoms with Gasteiger partial charge in [-0.15, -0.1) is 0 Å². The van der Waals surface area contributed by atoms with Gasteiger partial charge in [-0.3, -0.25) is 10.1 Å². The van der Waals surface area contributed by atoms with Gasteiger partial charge in [0.15, 0.2) is 0 Å². The summed E-state index contributed by atoms with van der Waals surface area (Å²) in [7, 11) is 1.59. The summed E-state index contributed by atoms with van der Waals surface area (Å²) in [5, 5.41) is 2.71. The van der Waals surface area contributed by atoms with Gasteiger partial charge < -0.3 is 9.47 Å². The molecule has 21 heavy (non-hydrogen) atoms. The van der Waals surface area contributed by atoms with Gasteiger partial charge in [-0.1, -0.05) is 20.8 Å². The van der Waals surface area contributed by atoms with E-state index in [9.17, 15) is 4.79 Å². The van der Waals surface area contributed by atoms with Gasteiger partial charge in [-0.05, 0) is 36.6 Å². The third-order valence-electron chi connectivity index (χ3n) is 2.61. The van der Waals surface area contributed by atoms with Crippen LogP contribution in [0.4, 0.5) is 0 Å². The number of nitrogens with one attached hydrogen (secondary N) is 1. The number of carbonyl (C=O) groups is 1. The number of hydrogen-bond donors (Lipinski definition) is 1. The Labute approximate surface area is 126 Å². The Balaban J connectivity index is 2.69. The molecule has 1 N–H and O–H groups in total. The van der Waals surface area contributed by atoms with Crippen molar-refractivity contribution in [2.45, 2.75) is 27.2 Å². The number of methoxy groups -OCH3 is 1. The highest BCUT2D eigenvalue weighted by Crippen LogP contribution is 2.11. The van der Waals surface area contributed by atoms with Crippen LogP contribution in [0.3, 0.4) is 0 Å². The monoisotopic (exact) mass is 292 g/mol. The lowest BCUT2D eigenvalue weighted by molar-refractivity contribution is 0.0963. The Morgan fingerprint density at radius 1 is 1.29 bits per heavy atom. The second kappa shape index (κ2) is 9.00. The number of aliphatic imine (C=N–C) groups is 1.